The lowest BCUT2D eigenvalue weighted by Crippen LogP contribution is -1.84. The number of para-hydroxylation sites is 1. The molecule has 0 spiro atoms. The summed E-state index contributed by atoms with van der Waals surface area (Å²) in [5.74, 6) is 0.962. The van der Waals surface area contributed by atoms with Gasteiger partial charge in [0.25, 0.3) is 0 Å². The van der Waals surface area contributed by atoms with E-state index < -0.39 is 0 Å². The highest BCUT2D eigenvalue weighted by Gasteiger charge is 2.13. The fraction of sp³-hybridized carbons (Fsp3) is 0.250. The Morgan fingerprint density at radius 2 is 2.17 bits per heavy atom. The average Bonchev–Trinajstić information content (AvgIpc) is 2.61. The summed E-state index contributed by atoms with van der Waals surface area (Å²) in [7, 11) is 1.79. The van der Waals surface area contributed by atoms with Crippen LogP contribution in [0.2, 0.25) is 0 Å². The van der Waals surface area contributed by atoms with Crippen molar-refractivity contribution >= 4 is 44.9 Å². The van der Waals surface area contributed by atoms with E-state index in [1.807, 2.05) is 31.2 Å². The van der Waals surface area contributed by atoms with Gasteiger partial charge in [-0.2, -0.15) is 0 Å². The Kier molecular flexibility index (Phi) is 3.98. The Labute approximate surface area is 115 Å². The molecule has 0 saturated carbocycles. The summed E-state index contributed by atoms with van der Waals surface area (Å²) in [6.07, 6.45) is 0. The number of hydrogen-bond acceptors (Lipinski definition) is 4. The molecule has 0 bridgehead atoms. The highest BCUT2D eigenvalue weighted by atomic mass is 32.2. The van der Waals surface area contributed by atoms with Crippen LogP contribution < -0.4 is 0 Å². The van der Waals surface area contributed by atoms with Gasteiger partial charge in [0.15, 0.2) is 10.0 Å². The molecule has 1 aromatic carbocycles. The van der Waals surface area contributed by atoms with Crippen LogP contribution in [0, 0.1) is 0 Å². The van der Waals surface area contributed by atoms with Crippen molar-refractivity contribution in [1.82, 2.24) is 4.57 Å². The van der Waals surface area contributed by atoms with E-state index in [0.29, 0.717) is 10.0 Å². The van der Waals surface area contributed by atoms with Crippen molar-refractivity contribution in [2.75, 3.05) is 5.75 Å². The van der Waals surface area contributed by atoms with Crippen LogP contribution in [-0.4, -0.2) is 19.7 Å². The second-order valence-electron chi connectivity index (χ2n) is 3.65. The van der Waals surface area contributed by atoms with Gasteiger partial charge in [-0.25, -0.2) is 0 Å². The van der Waals surface area contributed by atoms with Gasteiger partial charge in [0.05, 0.1) is 5.52 Å². The van der Waals surface area contributed by atoms with Crippen molar-refractivity contribution in [3.63, 3.8) is 0 Å². The number of fused-ring (bicyclic) bond motifs is 1. The van der Waals surface area contributed by atoms with Crippen molar-refractivity contribution < 1.29 is 5.11 Å². The fourth-order valence-electron chi connectivity index (χ4n) is 1.70. The number of aryl methyl sites for hydroxylation is 1. The predicted molar refractivity (Wildman–Crippen MR) is 79.8 cm³/mol. The van der Waals surface area contributed by atoms with Crippen LogP contribution in [0.25, 0.3) is 10.9 Å². The Morgan fingerprint density at radius 1 is 1.44 bits per heavy atom. The molecule has 0 aliphatic heterocycles. The van der Waals surface area contributed by atoms with Gasteiger partial charge in [-0.3, -0.25) is 0 Å². The van der Waals surface area contributed by atoms with Crippen LogP contribution in [0.1, 0.15) is 6.92 Å². The number of aromatic nitrogens is 1. The molecule has 1 aromatic heterocycles. The van der Waals surface area contributed by atoms with Crippen LogP contribution >= 0.6 is 24.0 Å². The van der Waals surface area contributed by atoms with Gasteiger partial charge in [0.1, 0.15) is 0 Å². The summed E-state index contributed by atoms with van der Waals surface area (Å²) < 4.78 is 2.16. The first kappa shape index (κ1) is 13.0. The molecule has 0 atom stereocenters. The second-order valence-corrected chi connectivity index (χ2v) is 5.55. The molecule has 0 fully saturated rings. The summed E-state index contributed by atoms with van der Waals surface area (Å²) in [6.45, 7) is 2.00. The molecule has 4 nitrogen and oxygen atoms in total. The molecule has 2 aromatic rings. The Hall–Kier alpha value is -1.40. The van der Waals surface area contributed by atoms with Crippen LogP contribution in [-0.2, 0) is 7.05 Å². The normalized spacial score (nSPS) is 11.4. The molecule has 6 heteroatoms. The predicted octanol–water partition coefficient (Wildman–Crippen LogP) is 4.01. The van der Waals surface area contributed by atoms with Crippen LogP contribution in [0.3, 0.4) is 0 Å². The first-order valence-corrected chi connectivity index (χ1v) is 6.89. The molecule has 94 valence electrons. The maximum atomic E-state index is 10.0. The Balaban J connectivity index is 2.45. The minimum Gasteiger partial charge on any atom is -0.493 e. The van der Waals surface area contributed by atoms with Gasteiger partial charge in [-0.1, -0.05) is 36.9 Å². The molecule has 2 rings (SSSR count). The maximum absolute atomic E-state index is 10.0. The van der Waals surface area contributed by atoms with Crippen LogP contribution in [0.5, 0.6) is 5.88 Å². The molecule has 0 radical (unpaired) electrons. The number of benzene rings is 1. The average molecular weight is 279 g/mol. The SMILES string of the molecule is CCSC(=S)N=Nc1c(O)n(C)c2ccccc12. The molecule has 0 unspecified atom stereocenters. The number of azo groups is 1. The molecule has 1 heterocycles. The van der Waals surface area contributed by atoms with Crippen LogP contribution in [0.15, 0.2) is 34.5 Å². The third-order valence-corrected chi connectivity index (χ3v) is 3.60. The van der Waals surface area contributed by atoms with Crippen LogP contribution in [0.4, 0.5) is 5.69 Å². The van der Waals surface area contributed by atoms with E-state index in [-0.39, 0.29) is 5.88 Å². The lowest BCUT2D eigenvalue weighted by molar-refractivity contribution is 0.436. The number of rotatable bonds is 2. The van der Waals surface area contributed by atoms with Crippen molar-refractivity contribution in [3.05, 3.63) is 24.3 Å². The summed E-state index contributed by atoms with van der Waals surface area (Å²) in [5.41, 5.74) is 1.38. The first-order chi connectivity index (χ1) is 8.65. The van der Waals surface area contributed by atoms with E-state index in [0.717, 1.165) is 16.7 Å². The smallest absolute Gasteiger partial charge is 0.220 e. The largest absolute Gasteiger partial charge is 0.493 e. The third kappa shape index (κ3) is 2.39. The number of thiocarbonyl (C=S) groups is 1. The zero-order valence-corrected chi connectivity index (χ0v) is 11.8. The quantitative estimate of drug-likeness (QED) is 0.667. The van der Waals surface area contributed by atoms with E-state index in [2.05, 4.69) is 10.2 Å². The van der Waals surface area contributed by atoms with E-state index >= 15 is 0 Å². The summed E-state index contributed by atoms with van der Waals surface area (Å²) in [6, 6.07) is 7.65. The number of thioether (sulfide) groups is 1. The number of aromatic hydroxyl groups is 1. The molecular formula is C12H13N3OS2. The summed E-state index contributed by atoms with van der Waals surface area (Å²) in [5, 5.41) is 18.9. The van der Waals surface area contributed by atoms with Crippen molar-refractivity contribution in [1.29, 1.82) is 0 Å². The van der Waals surface area contributed by atoms with E-state index in [4.69, 9.17) is 12.2 Å². The van der Waals surface area contributed by atoms with Gasteiger partial charge in [0.2, 0.25) is 5.88 Å². The Morgan fingerprint density at radius 3 is 2.89 bits per heavy atom. The van der Waals surface area contributed by atoms with E-state index in [9.17, 15) is 5.11 Å². The van der Waals surface area contributed by atoms with Crippen molar-refractivity contribution in [2.24, 2.45) is 17.3 Å². The monoisotopic (exact) mass is 279 g/mol. The highest BCUT2D eigenvalue weighted by molar-refractivity contribution is 8.23. The Bertz CT molecular complexity index is 619. The summed E-state index contributed by atoms with van der Waals surface area (Å²) in [4.78, 5) is 0. The lowest BCUT2D eigenvalue weighted by atomic mass is 10.2. The standard InChI is InChI=1S/C12H13N3OS2/c1-3-18-12(17)14-13-10-8-6-4-5-7-9(8)15(2)11(10)16/h4-7,16H,3H2,1-2H3. The zero-order valence-electron chi connectivity index (χ0n) is 10.1. The number of nitrogens with zero attached hydrogens (tertiary/aromatic N) is 3. The maximum Gasteiger partial charge on any atom is 0.220 e. The highest BCUT2D eigenvalue weighted by Crippen LogP contribution is 2.37. The van der Waals surface area contributed by atoms with E-state index in [1.165, 1.54) is 11.8 Å². The molecule has 0 saturated heterocycles. The minimum atomic E-state index is 0.101. The first-order valence-electron chi connectivity index (χ1n) is 5.50. The zero-order chi connectivity index (χ0) is 13.1. The molecule has 0 amide bonds. The minimum absolute atomic E-state index is 0.101. The second kappa shape index (κ2) is 5.49. The molecule has 18 heavy (non-hydrogen) atoms. The lowest BCUT2D eigenvalue weighted by Gasteiger charge is -1.95. The fourth-order valence-corrected chi connectivity index (χ4v) is 2.44. The number of hydrogen-bond donors (Lipinski definition) is 1. The van der Waals surface area contributed by atoms with E-state index in [1.54, 1.807) is 11.6 Å². The van der Waals surface area contributed by atoms with Gasteiger partial charge in [-0.15, -0.1) is 10.2 Å². The van der Waals surface area contributed by atoms with Gasteiger partial charge in [0, 0.05) is 12.4 Å². The molecule has 0 aliphatic rings. The van der Waals surface area contributed by atoms with Crippen molar-refractivity contribution in [2.45, 2.75) is 6.92 Å². The third-order valence-electron chi connectivity index (χ3n) is 2.55. The topological polar surface area (TPSA) is 49.9 Å². The van der Waals surface area contributed by atoms with Crippen molar-refractivity contribution in [3.8, 4) is 5.88 Å². The van der Waals surface area contributed by atoms with Gasteiger partial charge >= 0.3 is 0 Å². The molecule has 0 aliphatic carbocycles. The molecule has 1 N–H and O–H groups in total. The molecular weight excluding hydrogens is 266 g/mol. The summed E-state index contributed by atoms with van der Waals surface area (Å²) >= 11 is 6.49. The van der Waals surface area contributed by atoms with Gasteiger partial charge < -0.3 is 9.67 Å². The van der Waals surface area contributed by atoms with Gasteiger partial charge in [-0.05, 0) is 24.0 Å².